The monoisotopic (exact) mass is 350 g/mol. The summed E-state index contributed by atoms with van der Waals surface area (Å²) in [5, 5.41) is 7.51. The lowest BCUT2D eigenvalue weighted by molar-refractivity contribution is 0.626. The van der Waals surface area contributed by atoms with Crippen molar-refractivity contribution < 1.29 is 4.39 Å². The Morgan fingerprint density at radius 3 is 2.24 bits per heavy atom. The maximum Gasteiger partial charge on any atom is 0.123 e. The van der Waals surface area contributed by atoms with E-state index >= 15 is 0 Å². The van der Waals surface area contributed by atoms with Crippen LogP contribution >= 0.6 is 11.6 Å². The van der Waals surface area contributed by atoms with Crippen LogP contribution in [-0.2, 0) is 0 Å². The first-order valence-electron chi connectivity index (χ1n) is 8.14. The molecule has 1 aliphatic heterocycles. The van der Waals surface area contributed by atoms with Crippen molar-refractivity contribution in [2.75, 3.05) is 5.01 Å². The van der Waals surface area contributed by atoms with Gasteiger partial charge in [0.25, 0.3) is 0 Å². The summed E-state index contributed by atoms with van der Waals surface area (Å²) in [6.45, 7) is 0. The molecule has 124 valence electrons. The molecule has 1 atom stereocenters. The predicted molar refractivity (Wildman–Crippen MR) is 101 cm³/mol. The van der Waals surface area contributed by atoms with Crippen molar-refractivity contribution in [2.24, 2.45) is 5.10 Å². The first-order chi connectivity index (χ1) is 12.2. The van der Waals surface area contributed by atoms with Crippen molar-refractivity contribution in [3.8, 4) is 0 Å². The predicted octanol–water partition coefficient (Wildman–Crippen LogP) is 5.83. The summed E-state index contributed by atoms with van der Waals surface area (Å²) in [5.41, 5.74) is 4.10. The van der Waals surface area contributed by atoms with Crippen LogP contribution in [0.1, 0.15) is 23.6 Å². The lowest BCUT2D eigenvalue weighted by atomic mass is 9.98. The Morgan fingerprint density at radius 2 is 1.56 bits per heavy atom. The van der Waals surface area contributed by atoms with Gasteiger partial charge in [-0.3, -0.25) is 5.01 Å². The second kappa shape index (κ2) is 6.69. The quantitative estimate of drug-likeness (QED) is 0.579. The van der Waals surface area contributed by atoms with Crippen LogP contribution in [0.15, 0.2) is 84.0 Å². The van der Waals surface area contributed by atoms with Crippen LogP contribution in [0.2, 0.25) is 5.02 Å². The summed E-state index contributed by atoms with van der Waals surface area (Å²) in [6.07, 6.45) is 0.781. The van der Waals surface area contributed by atoms with Crippen LogP contribution in [0, 0.1) is 5.82 Å². The molecule has 2 nitrogen and oxygen atoms in total. The molecule has 1 aliphatic rings. The van der Waals surface area contributed by atoms with Gasteiger partial charge >= 0.3 is 0 Å². The summed E-state index contributed by atoms with van der Waals surface area (Å²) >= 11 is 6.00. The summed E-state index contributed by atoms with van der Waals surface area (Å²) in [4.78, 5) is 0. The van der Waals surface area contributed by atoms with Gasteiger partial charge in [-0.25, -0.2) is 4.39 Å². The highest BCUT2D eigenvalue weighted by Gasteiger charge is 2.29. The SMILES string of the molecule is Fc1ccc(N2N=C(c3ccc(Cl)cc3)C[C@@H]2c2ccccc2)cc1. The van der Waals surface area contributed by atoms with E-state index in [1.807, 2.05) is 47.5 Å². The highest BCUT2D eigenvalue weighted by Crippen LogP contribution is 2.36. The number of anilines is 1. The molecule has 0 saturated carbocycles. The molecule has 1 heterocycles. The second-order valence-corrected chi connectivity index (χ2v) is 6.44. The molecule has 0 radical (unpaired) electrons. The number of hydrogen-bond acceptors (Lipinski definition) is 2. The third kappa shape index (κ3) is 3.28. The van der Waals surface area contributed by atoms with E-state index < -0.39 is 0 Å². The molecule has 0 fully saturated rings. The summed E-state index contributed by atoms with van der Waals surface area (Å²) < 4.78 is 13.3. The van der Waals surface area contributed by atoms with Crippen molar-refractivity contribution in [1.29, 1.82) is 0 Å². The van der Waals surface area contributed by atoms with Gasteiger partial charge in [-0.1, -0.05) is 54.1 Å². The molecule has 0 bridgehead atoms. The molecule has 0 saturated heterocycles. The Kier molecular flexibility index (Phi) is 4.24. The van der Waals surface area contributed by atoms with E-state index in [4.69, 9.17) is 16.7 Å². The number of hydrazone groups is 1. The van der Waals surface area contributed by atoms with Gasteiger partial charge in [0.2, 0.25) is 0 Å². The first kappa shape index (κ1) is 15.9. The number of benzene rings is 3. The maximum absolute atomic E-state index is 13.3. The number of rotatable bonds is 3. The fraction of sp³-hybridized carbons (Fsp3) is 0.0952. The average Bonchev–Trinajstić information content (AvgIpc) is 3.09. The van der Waals surface area contributed by atoms with Gasteiger partial charge in [-0.05, 0) is 47.5 Å². The Bertz CT molecular complexity index is 889. The minimum Gasteiger partial charge on any atom is -0.257 e. The molecule has 0 aromatic heterocycles. The fourth-order valence-electron chi connectivity index (χ4n) is 3.09. The Morgan fingerprint density at radius 1 is 0.880 bits per heavy atom. The van der Waals surface area contributed by atoms with Crippen molar-refractivity contribution in [2.45, 2.75) is 12.5 Å². The van der Waals surface area contributed by atoms with Crippen LogP contribution in [0.25, 0.3) is 0 Å². The first-order valence-corrected chi connectivity index (χ1v) is 8.52. The number of hydrogen-bond donors (Lipinski definition) is 0. The molecule has 3 aromatic carbocycles. The zero-order valence-corrected chi connectivity index (χ0v) is 14.2. The average molecular weight is 351 g/mol. The van der Waals surface area contributed by atoms with E-state index in [0.29, 0.717) is 5.02 Å². The molecule has 4 rings (SSSR count). The van der Waals surface area contributed by atoms with Gasteiger partial charge < -0.3 is 0 Å². The van der Waals surface area contributed by atoms with Crippen LogP contribution in [0.3, 0.4) is 0 Å². The zero-order valence-electron chi connectivity index (χ0n) is 13.4. The number of nitrogens with zero attached hydrogens (tertiary/aromatic N) is 2. The molecule has 3 aromatic rings. The van der Waals surface area contributed by atoms with Crippen LogP contribution < -0.4 is 5.01 Å². The van der Waals surface area contributed by atoms with Gasteiger partial charge in [-0.2, -0.15) is 5.10 Å². The van der Waals surface area contributed by atoms with Gasteiger partial charge in [-0.15, -0.1) is 0 Å². The lowest BCUT2D eigenvalue weighted by Crippen LogP contribution is -2.18. The third-order valence-electron chi connectivity index (χ3n) is 4.36. The van der Waals surface area contributed by atoms with Gasteiger partial charge in [0.15, 0.2) is 0 Å². The topological polar surface area (TPSA) is 15.6 Å². The van der Waals surface area contributed by atoms with Crippen LogP contribution in [0.4, 0.5) is 10.1 Å². The molecule has 0 amide bonds. The third-order valence-corrected chi connectivity index (χ3v) is 4.62. The molecular formula is C21H16ClFN2. The molecule has 25 heavy (non-hydrogen) atoms. The number of halogens is 2. The molecule has 4 heteroatoms. The molecule has 0 unspecified atom stereocenters. The standard InChI is InChI=1S/C21H16ClFN2/c22-17-8-6-15(7-9-17)20-14-21(16-4-2-1-3-5-16)25(24-20)19-12-10-18(23)11-13-19/h1-13,21H,14H2/t21-/m1/s1. The Hall–Kier alpha value is -2.65. The molecular weight excluding hydrogens is 335 g/mol. The Balaban J connectivity index is 1.74. The van der Waals surface area contributed by atoms with Crippen molar-refractivity contribution in [1.82, 2.24) is 0 Å². The highest BCUT2D eigenvalue weighted by atomic mass is 35.5. The maximum atomic E-state index is 13.3. The molecule has 0 aliphatic carbocycles. The summed E-state index contributed by atoms with van der Waals surface area (Å²) in [5.74, 6) is -0.249. The highest BCUT2D eigenvalue weighted by molar-refractivity contribution is 6.30. The van der Waals surface area contributed by atoms with Crippen LogP contribution in [-0.4, -0.2) is 5.71 Å². The van der Waals surface area contributed by atoms with E-state index in [-0.39, 0.29) is 11.9 Å². The minimum atomic E-state index is -0.249. The largest absolute Gasteiger partial charge is 0.257 e. The van der Waals surface area contributed by atoms with Gasteiger partial charge in [0.05, 0.1) is 17.4 Å². The fourth-order valence-corrected chi connectivity index (χ4v) is 3.22. The minimum absolute atomic E-state index is 0.0809. The molecule has 0 spiro atoms. The van der Waals surface area contributed by atoms with Gasteiger partial charge in [0.1, 0.15) is 5.82 Å². The van der Waals surface area contributed by atoms with E-state index in [9.17, 15) is 4.39 Å². The van der Waals surface area contributed by atoms with E-state index in [2.05, 4.69) is 12.1 Å². The van der Waals surface area contributed by atoms with E-state index in [0.717, 1.165) is 23.4 Å². The van der Waals surface area contributed by atoms with Crippen LogP contribution in [0.5, 0.6) is 0 Å². The van der Waals surface area contributed by atoms with E-state index in [1.54, 1.807) is 12.1 Å². The summed E-state index contributed by atoms with van der Waals surface area (Å²) in [7, 11) is 0. The van der Waals surface area contributed by atoms with E-state index in [1.165, 1.54) is 17.7 Å². The second-order valence-electron chi connectivity index (χ2n) is 6.01. The van der Waals surface area contributed by atoms with Crippen molar-refractivity contribution >= 4 is 23.0 Å². The normalized spacial score (nSPS) is 16.8. The van der Waals surface area contributed by atoms with Gasteiger partial charge in [0, 0.05) is 11.4 Å². The smallest absolute Gasteiger partial charge is 0.123 e. The van der Waals surface area contributed by atoms with Crippen molar-refractivity contribution in [3.05, 3.63) is 101 Å². The lowest BCUT2D eigenvalue weighted by Gasteiger charge is -2.24. The van der Waals surface area contributed by atoms with Crippen molar-refractivity contribution in [3.63, 3.8) is 0 Å². The molecule has 0 N–H and O–H groups in total. The Labute approximate surface area is 151 Å². The zero-order chi connectivity index (χ0) is 17.2. The summed E-state index contributed by atoms with van der Waals surface area (Å²) in [6, 6.07) is 24.5.